The molecule has 1 saturated carbocycles. The molecule has 2 aromatic heterocycles. The van der Waals surface area contributed by atoms with Gasteiger partial charge in [-0.3, -0.25) is 0 Å². The number of aromatic nitrogens is 4. The number of hydrogen-bond acceptors (Lipinski definition) is 8. The van der Waals surface area contributed by atoms with Crippen LogP contribution < -0.4 is 10.6 Å². The van der Waals surface area contributed by atoms with E-state index in [9.17, 15) is 13.5 Å². The molecule has 2 aliphatic rings. The van der Waals surface area contributed by atoms with Crippen LogP contribution in [0.3, 0.4) is 0 Å². The molecule has 12 heteroatoms. The number of unbranched alkanes of at least 4 members (excludes halogenated alkanes) is 1. The van der Waals surface area contributed by atoms with Gasteiger partial charge in [0.05, 0.1) is 22.4 Å². The van der Waals surface area contributed by atoms with E-state index in [2.05, 4.69) is 22.5 Å². The van der Waals surface area contributed by atoms with Crippen molar-refractivity contribution < 1.29 is 13.5 Å². The van der Waals surface area contributed by atoms with E-state index in [-0.39, 0.29) is 29.4 Å². The fourth-order valence-electron chi connectivity index (χ4n) is 4.97. The van der Waals surface area contributed by atoms with Gasteiger partial charge in [0, 0.05) is 44.5 Å². The predicted molar refractivity (Wildman–Crippen MR) is 147 cm³/mol. The molecule has 1 saturated heterocycles. The van der Waals surface area contributed by atoms with Crippen molar-refractivity contribution in [3.8, 4) is 11.3 Å². The highest BCUT2D eigenvalue weighted by Gasteiger charge is 2.27. The second-order valence-electron chi connectivity index (χ2n) is 9.65. The first-order chi connectivity index (χ1) is 17.5. The van der Waals surface area contributed by atoms with Crippen LogP contribution in [0.25, 0.3) is 22.3 Å². The molecule has 0 unspecified atom stereocenters. The van der Waals surface area contributed by atoms with E-state index >= 15 is 0 Å². The summed E-state index contributed by atoms with van der Waals surface area (Å²) in [5.41, 5.74) is 2.32. The summed E-state index contributed by atoms with van der Waals surface area (Å²) in [6.07, 6.45) is 6.83. The van der Waals surface area contributed by atoms with Gasteiger partial charge in [-0.25, -0.2) is 18.1 Å². The lowest BCUT2D eigenvalue weighted by molar-refractivity contribution is 0.109. The fourth-order valence-corrected chi connectivity index (χ4v) is 6.42. The van der Waals surface area contributed by atoms with Crippen LogP contribution in [0.15, 0.2) is 35.4 Å². The normalized spacial score (nSPS) is 21.0. The summed E-state index contributed by atoms with van der Waals surface area (Å²) >= 11 is 0. The molecule has 3 aromatic rings. The molecule has 1 aliphatic heterocycles. The average Bonchev–Trinajstić information content (AvgIpc) is 3.29. The van der Waals surface area contributed by atoms with E-state index in [1.807, 2.05) is 16.8 Å². The summed E-state index contributed by atoms with van der Waals surface area (Å²) in [6.45, 7) is 5.22. The van der Waals surface area contributed by atoms with Crippen LogP contribution in [0.5, 0.6) is 0 Å². The summed E-state index contributed by atoms with van der Waals surface area (Å²) in [7, 11) is -3.53. The lowest BCUT2D eigenvalue weighted by Crippen LogP contribution is -2.46. The molecule has 0 amide bonds. The van der Waals surface area contributed by atoms with Crippen LogP contribution in [0.2, 0.25) is 0 Å². The molecule has 1 aliphatic carbocycles. The second kappa shape index (κ2) is 12.0. The highest BCUT2D eigenvalue weighted by Crippen LogP contribution is 2.35. The van der Waals surface area contributed by atoms with Gasteiger partial charge in [0.2, 0.25) is 16.0 Å². The smallest absolute Gasteiger partial charge is 0.243 e. The maximum Gasteiger partial charge on any atom is 0.243 e. The van der Waals surface area contributed by atoms with Crippen molar-refractivity contribution in [1.29, 1.82) is 0 Å². The molecule has 0 atom stereocenters. The van der Waals surface area contributed by atoms with Gasteiger partial charge in [-0.05, 0) is 44.2 Å². The first-order valence-corrected chi connectivity index (χ1v) is 14.4. The summed E-state index contributed by atoms with van der Waals surface area (Å²) in [6, 6.07) is 7.11. The molecule has 1 aromatic carbocycles. The van der Waals surface area contributed by atoms with E-state index in [0.29, 0.717) is 32.1 Å². The van der Waals surface area contributed by atoms with E-state index in [1.54, 1.807) is 18.3 Å². The molecule has 10 nitrogen and oxygen atoms in total. The molecular formula is C25H36ClN7O3S. The van der Waals surface area contributed by atoms with Crippen molar-refractivity contribution in [1.82, 2.24) is 29.4 Å². The topological polar surface area (TPSA) is 125 Å². The van der Waals surface area contributed by atoms with Crippen LogP contribution in [0.4, 0.5) is 5.95 Å². The van der Waals surface area contributed by atoms with Gasteiger partial charge in [0.25, 0.3) is 0 Å². The molecule has 0 radical (unpaired) electrons. The Balaban J connectivity index is 0.00000320. The first kappa shape index (κ1) is 27.7. The Morgan fingerprint density at radius 2 is 1.81 bits per heavy atom. The Kier molecular flexibility index (Phi) is 9.02. The van der Waals surface area contributed by atoms with Crippen LogP contribution in [-0.2, 0) is 10.0 Å². The summed E-state index contributed by atoms with van der Waals surface area (Å²) < 4.78 is 29.6. The second-order valence-corrected chi connectivity index (χ2v) is 11.6. The summed E-state index contributed by atoms with van der Waals surface area (Å²) in [5.74, 6) is 0.581. The van der Waals surface area contributed by atoms with E-state index < -0.39 is 10.0 Å². The number of sulfonamides is 1. The zero-order chi connectivity index (χ0) is 25.1. The van der Waals surface area contributed by atoms with Crippen LogP contribution in [0, 0.1) is 0 Å². The maximum absolute atomic E-state index is 13.1. The molecule has 0 bridgehead atoms. The minimum absolute atomic E-state index is 0. The van der Waals surface area contributed by atoms with E-state index in [4.69, 9.17) is 10.1 Å². The standard InChI is InChI=1S/C25H35N7O3S.ClH/c1-2-3-12-27-25-28-17-22-23(30-32(24(22)29-25)19-6-8-20(33)9-7-19)18-4-10-21(11-5-18)36(34,35)31-15-13-26-14-16-31;/h4-5,10-11,17,19-20,26,33H,2-3,6-9,12-16H2,1H3,(H,27,28,29);1H. The van der Waals surface area contributed by atoms with Gasteiger partial charge >= 0.3 is 0 Å². The van der Waals surface area contributed by atoms with E-state index in [1.165, 1.54) is 4.31 Å². The molecule has 0 spiro atoms. The molecular weight excluding hydrogens is 514 g/mol. The number of piperazine rings is 1. The van der Waals surface area contributed by atoms with E-state index in [0.717, 1.165) is 67.4 Å². The molecule has 37 heavy (non-hydrogen) atoms. The number of fused-ring (bicyclic) bond motifs is 1. The van der Waals surface area contributed by atoms with Gasteiger partial charge in [-0.2, -0.15) is 14.4 Å². The zero-order valence-corrected chi connectivity index (χ0v) is 22.8. The molecule has 3 heterocycles. The quantitative estimate of drug-likeness (QED) is 0.366. The first-order valence-electron chi connectivity index (χ1n) is 13.0. The Labute approximate surface area is 224 Å². The highest BCUT2D eigenvalue weighted by atomic mass is 35.5. The van der Waals surface area contributed by atoms with Crippen molar-refractivity contribution >= 4 is 39.4 Å². The van der Waals surface area contributed by atoms with Gasteiger partial charge in [-0.1, -0.05) is 25.5 Å². The average molecular weight is 550 g/mol. The third-order valence-electron chi connectivity index (χ3n) is 7.12. The van der Waals surface area contributed by atoms with Gasteiger partial charge in [-0.15, -0.1) is 12.4 Å². The number of hydrogen-bond donors (Lipinski definition) is 3. The Bertz CT molecular complexity index is 1290. The molecule has 5 rings (SSSR count). The van der Waals surface area contributed by atoms with Gasteiger partial charge in [0.1, 0.15) is 5.69 Å². The number of benzene rings is 1. The lowest BCUT2D eigenvalue weighted by Gasteiger charge is -2.26. The third-order valence-corrected chi connectivity index (χ3v) is 9.03. The number of rotatable bonds is 8. The van der Waals surface area contributed by atoms with Crippen molar-refractivity contribution in [2.75, 3.05) is 38.0 Å². The zero-order valence-electron chi connectivity index (χ0n) is 21.1. The minimum atomic E-state index is -3.53. The highest BCUT2D eigenvalue weighted by molar-refractivity contribution is 7.89. The Morgan fingerprint density at radius 1 is 1.11 bits per heavy atom. The van der Waals surface area contributed by atoms with Crippen molar-refractivity contribution in [2.45, 2.75) is 62.5 Å². The fraction of sp³-hybridized carbons (Fsp3) is 0.560. The lowest BCUT2D eigenvalue weighted by atomic mass is 9.93. The van der Waals surface area contributed by atoms with Crippen LogP contribution in [0.1, 0.15) is 51.5 Å². The van der Waals surface area contributed by atoms with Crippen molar-refractivity contribution in [3.05, 3.63) is 30.5 Å². The Hall–Kier alpha value is -2.31. The predicted octanol–water partition coefficient (Wildman–Crippen LogP) is 3.20. The number of halogens is 1. The van der Waals surface area contributed by atoms with Gasteiger partial charge < -0.3 is 15.7 Å². The SMILES string of the molecule is CCCCNc1ncc2c(-c3ccc(S(=O)(=O)N4CCNCC4)cc3)nn(C3CCC(O)CC3)c2n1.Cl. The third kappa shape index (κ3) is 5.91. The summed E-state index contributed by atoms with van der Waals surface area (Å²) in [4.78, 5) is 9.63. The molecule has 2 fully saturated rings. The number of aliphatic hydroxyl groups is 1. The van der Waals surface area contributed by atoms with Crippen LogP contribution in [-0.4, -0.2) is 76.4 Å². The minimum Gasteiger partial charge on any atom is -0.393 e. The largest absolute Gasteiger partial charge is 0.393 e. The molecule has 3 N–H and O–H groups in total. The molecule has 202 valence electrons. The Morgan fingerprint density at radius 3 is 2.49 bits per heavy atom. The maximum atomic E-state index is 13.1. The summed E-state index contributed by atoms with van der Waals surface area (Å²) in [5, 5.41) is 22.3. The number of nitrogens with one attached hydrogen (secondary N) is 2. The van der Waals surface area contributed by atoms with Crippen molar-refractivity contribution in [2.24, 2.45) is 0 Å². The van der Waals surface area contributed by atoms with Gasteiger partial charge in [0.15, 0.2) is 5.65 Å². The van der Waals surface area contributed by atoms with Crippen molar-refractivity contribution in [3.63, 3.8) is 0 Å². The monoisotopic (exact) mass is 549 g/mol. The number of anilines is 1. The number of nitrogens with zero attached hydrogens (tertiary/aromatic N) is 5. The number of aliphatic hydroxyl groups excluding tert-OH is 1. The van der Waals surface area contributed by atoms with Crippen LogP contribution >= 0.6 is 12.4 Å².